The van der Waals surface area contributed by atoms with Gasteiger partial charge in [-0.25, -0.2) is 4.90 Å². The van der Waals surface area contributed by atoms with Gasteiger partial charge in [0, 0.05) is 11.3 Å². The van der Waals surface area contributed by atoms with E-state index in [9.17, 15) is 9.59 Å². The van der Waals surface area contributed by atoms with Crippen molar-refractivity contribution in [3.63, 3.8) is 0 Å². The maximum atomic E-state index is 12.6. The van der Waals surface area contributed by atoms with Crippen molar-refractivity contribution >= 4 is 28.6 Å². The summed E-state index contributed by atoms with van der Waals surface area (Å²) < 4.78 is 0. The van der Waals surface area contributed by atoms with E-state index in [-0.39, 0.29) is 11.1 Å². The van der Waals surface area contributed by atoms with Gasteiger partial charge >= 0.3 is 0 Å². The molecule has 0 unspecified atom stereocenters. The summed E-state index contributed by atoms with van der Waals surface area (Å²) in [5, 5.41) is -0.310. The molecule has 0 bridgehead atoms. The number of nitrogens with zero attached hydrogens (tertiary/aromatic N) is 1. The Bertz CT molecular complexity index is 626. The molecule has 2 aromatic carbocycles. The van der Waals surface area contributed by atoms with Gasteiger partial charge in [-0.2, -0.15) is 0 Å². The second kappa shape index (κ2) is 7.45. The van der Waals surface area contributed by atoms with Gasteiger partial charge in [0.2, 0.25) is 0 Å². The van der Waals surface area contributed by atoms with E-state index in [1.54, 1.807) is 54.6 Å². The molecule has 0 N–H and O–H groups in total. The fourth-order valence-electron chi connectivity index (χ4n) is 1.79. The summed E-state index contributed by atoms with van der Waals surface area (Å²) in [6.45, 7) is 3.59. The molecule has 2 aromatic rings. The van der Waals surface area contributed by atoms with Crippen LogP contribution in [0.5, 0.6) is 0 Å². The highest BCUT2D eigenvalue weighted by Gasteiger charge is 2.24. The van der Waals surface area contributed by atoms with Crippen LogP contribution < -0.4 is 4.90 Å². The van der Waals surface area contributed by atoms with Crippen LogP contribution in [0.1, 0.15) is 10.4 Å². The average molecular weight is 297 g/mol. The zero-order chi connectivity index (χ0) is 15.1. The van der Waals surface area contributed by atoms with E-state index in [4.69, 9.17) is 0 Å². The molecule has 2 rings (SSSR count). The zero-order valence-electron chi connectivity index (χ0n) is 11.4. The van der Waals surface area contributed by atoms with Crippen molar-refractivity contribution in [1.29, 1.82) is 0 Å². The second-order valence-corrected chi connectivity index (χ2v) is 5.18. The number of carbonyl (C=O) groups is 2. The number of anilines is 1. The topological polar surface area (TPSA) is 37.4 Å². The minimum atomic E-state index is -0.330. The van der Waals surface area contributed by atoms with Crippen LogP contribution in [0.15, 0.2) is 73.3 Å². The number of rotatable bonds is 4. The number of para-hydroxylation sites is 1. The van der Waals surface area contributed by atoms with Gasteiger partial charge < -0.3 is 0 Å². The SMILES string of the molecule is C=CCSC(=O)N(C(=O)c1ccccc1)c1ccccc1. The molecule has 0 fully saturated rings. The van der Waals surface area contributed by atoms with Gasteiger partial charge in [0.15, 0.2) is 0 Å². The lowest BCUT2D eigenvalue weighted by atomic mass is 10.2. The van der Waals surface area contributed by atoms with E-state index in [1.807, 2.05) is 12.1 Å². The van der Waals surface area contributed by atoms with Crippen LogP contribution in [-0.2, 0) is 0 Å². The fraction of sp³-hybridized carbons (Fsp3) is 0.0588. The molecular formula is C17H15NO2S. The van der Waals surface area contributed by atoms with Crippen LogP contribution in [0, 0.1) is 0 Å². The summed E-state index contributed by atoms with van der Waals surface area (Å²) in [6, 6.07) is 17.7. The van der Waals surface area contributed by atoms with Gasteiger partial charge in [0.25, 0.3) is 11.1 Å². The van der Waals surface area contributed by atoms with Gasteiger partial charge in [-0.1, -0.05) is 54.2 Å². The monoisotopic (exact) mass is 297 g/mol. The Morgan fingerprint density at radius 2 is 1.57 bits per heavy atom. The minimum Gasteiger partial charge on any atom is -0.268 e. The summed E-state index contributed by atoms with van der Waals surface area (Å²) in [4.78, 5) is 26.2. The van der Waals surface area contributed by atoms with E-state index in [0.29, 0.717) is 17.0 Å². The molecule has 106 valence electrons. The first-order valence-electron chi connectivity index (χ1n) is 6.46. The van der Waals surface area contributed by atoms with Gasteiger partial charge in [-0.15, -0.1) is 6.58 Å². The molecule has 3 nitrogen and oxygen atoms in total. The number of carbonyl (C=O) groups excluding carboxylic acids is 2. The van der Waals surface area contributed by atoms with Gasteiger partial charge in [-0.3, -0.25) is 9.59 Å². The molecule has 4 heteroatoms. The van der Waals surface area contributed by atoms with Crippen LogP contribution in [0.3, 0.4) is 0 Å². The predicted molar refractivity (Wildman–Crippen MR) is 87.7 cm³/mol. The third-order valence-electron chi connectivity index (χ3n) is 2.75. The van der Waals surface area contributed by atoms with E-state index in [1.165, 1.54) is 4.90 Å². The van der Waals surface area contributed by atoms with E-state index in [2.05, 4.69) is 6.58 Å². The highest BCUT2D eigenvalue weighted by atomic mass is 32.2. The number of hydrogen-bond donors (Lipinski definition) is 0. The smallest absolute Gasteiger partial charge is 0.268 e. The molecule has 0 aromatic heterocycles. The van der Waals surface area contributed by atoms with E-state index < -0.39 is 0 Å². The molecule has 0 heterocycles. The largest absolute Gasteiger partial charge is 0.293 e. The van der Waals surface area contributed by atoms with Crippen molar-refractivity contribution in [2.45, 2.75) is 0 Å². The maximum absolute atomic E-state index is 12.6. The Morgan fingerprint density at radius 1 is 1.00 bits per heavy atom. The lowest BCUT2D eigenvalue weighted by Crippen LogP contribution is -2.34. The van der Waals surface area contributed by atoms with Crippen LogP contribution in [0.25, 0.3) is 0 Å². The summed E-state index contributed by atoms with van der Waals surface area (Å²) >= 11 is 1.05. The van der Waals surface area contributed by atoms with Crippen molar-refractivity contribution in [2.24, 2.45) is 0 Å². The molecule has 0 aliphatic carbocycles. The van der Waals surface area contributed by atoms with Gasteiger partial charge in [-0.05, 0) is 24.3 Å². The number of benzene rings is 2. The van der Waals surface area contributed by atoms with Crippen LogP contribution in [0.2, 0.25) is 0 Å². The Labute approximate surface area is 128 Å². The highest BCUT2D eigenvalue weighted by Crippen LogP contribution is 2.22. The third kappa shape index (κ3) is 3.83. The molecule has 0 spiro atoms. The van der Waals surface area contributed by atoms with Crippen molar-refractivity contribution < 1.29 is 9.59 Å². The van der Waals surface area contributed by atoms with Crippen molar-refractivity contribution in [2.75, 3.05) is 10.7 Å². The summed E-state index contributed by atoms with van der Waals surface area (Å²) in [5.41, 5.74) is 1.04. The molecule has 2 amide bonds. The normalized spacial score (nSPS) is 9.90. The minimum absolute atomic E-state index is 0.310. The third-order valence-corrected chi connectivity index (χ3v) is 3.58. The van der Waals surface area contributed by atoms with Crippen molar-refractivity contribution in [3.8, 4) is 0 Å². The first kappa shape index (κ1) is 15.1. The van der Waals surface area contributed by atoms with Crippen molar-refractivity contribution in [3.05, 3.63) is 78.9 Å². The fourth-order valence-corrected chi connectivity index (χ4v) is 2.37. The molecule has 0 atom stereocenters. The van der Waals surface area contributed by atoms with Gasteiger partial charge in [0.05, 0.1) is 5.69 Å². The molecule has 0 radical (unpaired) electrons. The van der Waals surface area contributed by atoms with E-state index in [0.717, 1.165) is 11.8 Å². The maximum Gasteiger partial charge on any atom is 0.293 e. The Hall–Kier alpha value is -2.33. The average Bonchev–Trinajstić information content (AvgIpc) is 2.55. The van der Waals surface area contributed by atoms with Crippen LogP contribution in [0.4, 0.5) is 10.5 Å². The van der Waals surface area contributed by atoms with Gasteiger partial charge in [0.1, 0.15) is 0 Å². The molecule has 0 saturated heterocycles. The number of amides is 2. The lowest BCUT2D eigenvalue weighted by Gasteiger charge is -2.20. The van der Waals surface area contributed by atoms with E-state index >= 15 is 0 Å². The molecular weight excluding hydrogens is 282 g/mol. The molecule has 21 heavy (non-hydrogen) atoms. The summed E-state index contributed by atoms with van der Waals surface area (Å²) in [6.07, 6.45) is 1.64. The predicted octanol–water partition coefficient (Wildman–Crippen LogP) is 4.37. The van der Waals surface area contributed by atoms with Crippen LogP contribution >= 0.6 is 11.8 Å². The number of thioether (sulfide) groups is 1. The Balaban J connectivity index is 2.34. The highest BCUT2D eigenvalue weighted by molar-refractivity contribution is 8.14. The van der Waals surface area contributed by atoms with Crippen LogP contribution in [-0.4, -0.2) is 16.9 Å². The number of imide groups is 1. The number of hydrogen-bond acceptors (Lipinski definition) is 3. The Morgan fingerprint density at radius 3 is 2.14 bits per heavy atom. The molecule has 0 aliphatic rings. The second-order valence-electron chi connectivity index (χ2n) is 4.21. The molecule has 0 aliphatic heterocycles. The lowest BCUT2D eigenvalue weighted by molar-refractivity contribution is 0.0997. The first-order valence-corrected chi connectivity index (χ1v) is 7.45. The summed E-state index contributed by atoms with van der Waals surface area (Å²) in [7, 11) is 0. The zero-order valence-corrected chi connectivity index (χ0v) is 12.3. The summed E-state index contributed by atoms with van der Waals surface area (Å²) in [5.74, 6) is 0.132. The first-order chi connectivity index (χ1) is 10.2. The Kier molecular flexibility index (Phi) is 5.35. The quantitative estimate of drug-likeness (QED) is 0.786. The molecule has 0 saturated carbocycles. The standard InChI is InChI=1S/C17H15NO2S/c1-2-13-21-17(20)18(15-11-7-4-8-12-15)16(19)14-9-5-3-6-10-14/h2-12H,1,13H2. The van der Waals surface area contributed by atoms with Crippen molar-refractivity contribution in [1.82, 2.24) is 0 Å².